The highest BCUT2D eigenvalue weighted by atomic mass is 32.1. The van der Waals surface area contributed by atoms with E-state index in [1.54, 1.807) is 18.2 Å². The number of carbonyl (C=O) groups excluding carboxylic acids is 2. The van der Waals surface area contributed by atoms with Gasteiger partial charge in [-0.1, -0.05) is 24.3 Å². The molecule has 6 rings (SSSR count). The molecule has 0 bridgehead atoms. The number of carbonyl (C=O) groups is 2. The number of ether oxygens (including phenoxy) is 2. The molecule has 2 atom stereocenters. The summed E-state index contributed by atoms with van der Waals surface area (Å²) in [6.45, 7) is 7.32. The van der Waals surface area contributed by atoms with Crippen molar-refractivity contribution in [3.63, 3.8) is 0 Å². The van der Waals surface area contributed by atoms with Crippen LogP contribution in [0.4, 0.5) is 0 Å². The summed E-state index contributed by atoms with van der Waals surface area (Å²) in [5.74, 6) is 1.36. The van der Waals surface area contributed by atoms with Crippen LogP contribution in [-0.4, -0.2) is 72.1 Å². The SMILES string of the molecule is Cc1ccccc1[C@H]1c2ccsc2CCN1[C@H](C)C(=O)N1CCN(C(=O)c2ccc3c(c2)OCO3)CC1. The smallest absolute Gasteiger partial charge is 0.254 e. The summed E-state index contributed by atoms with van der Waals surface area (Å²) < 4.78 is 10.8. The second-order valence-electron chi connectivity index (χ2n) is 9.91. The van der Waals surface area contributed by atoms with Gasteiger partial charge in [0.05, 0.1) is 12.1 Å². The molecule has 3 aromatic rings. The Kier molecular flexibility index (Phi) is 6.38. The lowest BCUT2D eigenvalue weighted by atomic mass is 9.89. The molecule has 0 unspecified atom stereocenters. The number of aryl methyl sites for hydroxylation is 1. The maximum Gasteiger partial charge on any atom is 0.254 e. The number of benzene rings is 2. The average Bonchev–Trinajstić information content (AvgIpc) is 3.61. The van der Waals surface area contributed by atoms with E-state index >= 15 is 0 Å². The van der Waals surface area contributed by atoms with Gasteiger partial charge in [0.25, 0.3) is 5.91 Å². The van der Waals surface area contributed by atoms with Crippen LogP contribution in [0.25, 0.3) is 0 Å². The van der Waals surface area contributed by atoms with Crippen LogP contribution in [0.1, 0.15) is 44.9 Å². The summed E-state index contributed by atoms with van der Waals surface area (Å²) in [6, 6.07) is 15.8. The van der Waals surface area contributed by atoms with E-state index in [4.69, 9.17) is 9.47 Å². The van der Waals surface area contributed by atoms with Gasteiger partial charge in [-0.05, 0) is 66.6 Å². The van der Waals surface area contributed by atoms with E-state index in [1.165, 1.54) is 21.6 Å². The van der Waals surface area contributed by atoms with Crippen LogP contribution in [0, 0.1) is 6.92 Å². The summed E-state index contributed by atoms with van der Waals surface area (Å²) >= 11 is 1.81. The zero-order valence-electron chi connectivity index (χ0n) is 21.2. The molecular formula is C29H31N3O4S. The summed E-state index contributed by atoms with van der Waals surface area (Å²) in [5.41, 5.74) is 4.41. The number of thiophene rings is 1. The third kappa shape index (κ3) is 4.38. The molecule has 3 aliphatic heterocycles. The number of hydrogen-bond donors (Lipinski definition) is 0. The Hall–Kier alpha value is -3.36. The van der Waals surface area contributed by atoms with E-state index in [2.05, 4.69) is 47.5 Å². The van der Waals surface area contributed by atoms with Crippen LogP contribution in [0.3, 0.4) is 0 Å². The molecule has 37 heavy (non-hydrogen) atoms. The van der Waals surface area contributed by atoms with Gasteiger partial charge >= 0.3 is 0 Å². The van der Waals surface area contributed by atoms with Crippen molar-refractivity contribution in [1.82, 2.24) is 14.7 Å². The standard InChI is InChI=1S/C29H31N3O4S/c1-19-5-3-4-6-22(19)27-23-10-16-37-26(23)9-11-32(27)20(2)28(33)30-12-14-31(15-13-30)29(34)21-7-8-24-25(17-21)36-18-35-24/h3-8,10,16-17,20,27H,9,11-15,18H2,1-2H3/t20-,27+/m1/s1. The van der Waals surface area contributed by atoms with Gasteiger partial charge in [-0.15, -0.1) is 11.3 Å². The summed E-state index contributed by atoms with van der Waals surface area (Å²) in [5, 5.41) is 2.17. The van der Waals surface area contributed by atoms with Gasteiger partial charge in [-0.3, -0.25) is 14.5 Å². The number of nitrogens with zero attached hydrogens (tertiary/aromatic N) is 3. The Balaban J connectivity index is 1.15. The van der Waals surface area contributed by atoms with Crippen molar-refractivity contribution in [2.75, 3.05) is 39.5 Å². The molecule has 2 amide bonds. The Morgan fingerprint density at radius 1 is 0.919 bits per heavy atom. The van der Waals surface area contributed by atoms with Gasteiger partial charge in [0.1, 0.15) is 0 Å². The van der Waals surface area contributed by atoms with Crippen molar-refractivity contribution in [1.29, 1.82) is 0 Å². The third-order valence-electron chi connectivity index (χ3n) is 7.84. The molecule has 2 aromatic carbocycles. The maximum atomic E-state index is 13.7. The molecule has 1 saturated heterocycles. The minimum absolute atomic E-state index is 0.0425. The summed E-state index contributed by atoms with van der Waals surface area (Å²) in [6.07, 6.45) is 0.963. The highest BCUT2D eigenvalue weighted by Crippen LogP contribution is 2.40. The van der Waals surface area contributed by atoms with E-state index in [0.29, 0.717) is 43.2 Å². The van der Waals surface area contributed by atoms with Gasteiger partial charge in [-0.2, -0.15) is 0 Å². The normalized spacial score (nSPS) is 20.0. The number of amides is 2. The van der Waals surface area contributed by atoms with E-state index in [0.717, 1.165) is 13.0 Å². The van der Waals surface area contributed by atoms with Crippen LogP contribution < -0.4 is 9.47 Å². The highest BCUT2D eigenvalue weighted by molar-refractivity contribution is 7.10. The molecule has 4 heterocycles. The van der Waals surface area contributed by atoms with Crippen molar-refractivity contribution in [3.05, 3.63) is 81.0 Å². The average molecular weight is 518 g/mol. The van der Waals surface area contributed by atoms with Crippen LogP contribution in [0.2, 0.25) is 0 Å². The second-order valence-corrected chi connectivity index (χ2v) is 10.9. The number of fused-ring (bicyclic) bond motifs is 2. The lowest BCUT2D eigenvalue weighted by molar-refractivity contribution is -0.138. The fourth-order valence-corrected chi connectivity index (χ4v) is 6.64. The predicted molar refractivity (Wildman–Crippen MR) is 142 cm³/mol. The zero-order chi connectivity index (χ0) is 25.5. The topological polar surface area (TPSA) is 62.3 Å². The largest absolute Gasteiger partial charge is 0.454 e. The molecule has 0 N–H and O–H groups in total. The first-order chi connectivity index (χ1) is 18.0. The lowest BCUT2D eigenvalue weighted by Gasteiger charge is -2.43. The Morgan fingerprint density at radius 3 is 2.49 bits per heavy atom. The Morgan fingerprint density at radius 2 is 1.68 bits per heavy atom. The quantitative estimate of drug-likeness (QED) is 0.521. The molecular weight excluding hydrogens is 486 g/mol. The van der Waals surface area contributed by atoms with E-state index in [9.17, 15) is 9.59 Å². The highest BCUT2D eigenvalue weighted by Gasteiger charge is 2.38. The Bertz CT molecular complexity index is 1330. The zero-order valence-corrected chi connectivity index (χ0v) is 22.0. The minimum atomic E-state index is -0.256. The van der Waals surface area contributed by atoms with Crippen molar-refractivity contribution < 1.29 is 19.1 Å². The third-order valence-corrected chi connectivity index (χ3v) is 8.84. The van der Waals surface area contributed by atoms with Crippen LogP contribution in [-0.2, 0) is 11.2 Å². The molecule has 8 heteroatoms. The van der Waals surface area contributed by atoms with Gasteiger partial charge in [-0.25, -0.2) is 0 Å². The van der Waals surface area contributed by atoms with E-state index in [1.807, 2.05) is 28.1 Å². The van der Waals surface area contributed by atoms with Gasteiger partial charge in [0, 0.05) is 43.2 Å². The van der Waals surface area contributed by atoms with Crippen LogP contribution in [0.5, 0.6) is 11.5 Å². The molecule has 0 aliphatic carbocycles. The first-order valence-corrected chi connectivity index (χ1v) is 13.7. The lowest BCUT2D eigenvalue weighted by Crippen LogP contribution is -2.56. The van der Waals surface area contributed by atoms with Crippen LogP contribution >= 0.6 is 11.3 Å². The second kappa shape index (κ2) is 9.84. The van der Waals surface area contributed by atoms with Crippen molar-refractivity contribution in [2.24, 2.45) is 0 Å². The molecule has 192 valence electrons. The van der Waals surface area contributed by atoms with Crippen molar-refractivity contribution in [2.45, 2.75) is 32.4 Å². The first kappa shape index (κ1) is 24.0. The van der Waals surface area contributed by atoms with E-state index < -0.39 is 0 Å². The monoisotopic (exact) mass is 517 g/mol. The summed E-state index contributed by atoms with van der Waals surface area (Å²) in [7, 11) is 0. The Labute approximate surface area is 221 Å². The predicted octanol–water partition coefficient (Wildman–Crippen LogP) is 4.11. The van der Waals surface area contributed by atoms with Crippen molar-refractivity contribution in [3.8, 4) is 11.5 Å². The van der Waals surface area contributed by atoms with Gasteiger partial charge in [0.15, 0.2) is 11.5 Å². The molecule has 0 radical (unpaired) electrons. The summed E-state index contributed by atoms with van der Waals surface area (Å²) in [4.78, 5) is 34.4. The minimum Gasteiger partial charge on any atom is -0.454 e. The maximum absolute atomic E-state index is 13.7. The number of rotatable bonds is 4. The fraction of sp³-hybridized carbons (Fsp3) is 0.379. The molecule has 1 aromatic heterocycles. The molecule has 0 saturated carbocycles. The van der Waals surface area contributed by atoms with E-state index in [-0.39, 0.29) is 30.7 Å². The van der Waals surface area contributed by atoms with Crippen molar-refractivity contribution >= 4 is 23.2 Å². The number of hydrogen-bond acceptors (Lipinski definition) is 6. The van der Waals surface area contributed by atoms with Gasteiger partial charge < -0.3 is 19.3 Å². The van der Waals surface area contributed by atoms with Gasteiger partial charge in [0.2, 0.25) is 12.7 Å². The van der Waals surface area contributed by atoms with Crippen LogP contribution in [0.15, 0.2) is 53.9 Å². The molecule has 7 nitrogen and oxygen atoms in total. The fourth-order valence-electron chi connectivity index (χ4n) is 5.74. The molecule has 1 fully saturated rings. The molecule has 3 aliphatic rings. The first-order valence-electron chi connectivity index (χ1n) is 12.9. The molecule has 0 spiro atoms. The number of piperazine rings is 1.